The van der Waals surface area contributed by atoms with E-state index in [1.807, 2.05) is 32.0 Å². The third-order valence-electron chi connectivity index (χ3n) is 4.21. The fourth-order valence-electron chi connectivity index (χ4n) is 2.87. The molecule has 0 aliphatic heterocycles. The van der Waals surface area contributed by atoms with Crippen LogP contribution < -0.4 is 14.8 Å². The summed E-state index contributed by atoms with van der Waals surface area (Å²) in [6.07, 6.45) is 0. The van der Waals surface area contributed by atoms with Gasteiger partial charge in [-0.15, -0.1) is 0 Å². The summed E-state index contributed by atoms with van der Waals surface area (Å²) in [5.41, 5.74) is 2.70. The van der Waals surface area contributed by atoms with Crippen LogP contribution in [0.25, 0.3) is 0 Å². The highest BCUT2D eigenvalue weighted by molar-refractivity contribution is 7.92. The van der Waals surface area contributed by atoms with Crippen molar-refractivity contribution in [2.45, 2.75) is 18.7 Å². The first-order chi connectivity index (χ1) is 14.6. The number of hydrogen-bond donors (Lipinski definition) is 2. The molecule has 6 nitrogen and oxygen atoms in total. The van der Waals surface area contributed by atoms with E-state index >= 15 is 0 Å². The largest absolute Gasteiger partial charge is 0.484 e. The van der Waals surface area contributed by atoms with Crippen molar-refractivity contribution in [3.63, 3.8) is 0 Å². The number of carbonyl (C=O) groups is 1. The number of hydrogen-bond acceptors (Lipinski definition) is 4. The van der Waals surface area contributed by atoms with Crippen molar-refractivity contribution in [1.29, 1.82) is 0 Å². The number of halogens is 2. The van der Waals surface area contributed by atoms with Gasteiger partial charge in [-0.25, -0.2) is 8.42 Å². The van der Waals surface area contributed by atoms with Crippen LogP contribution in [0.4, 0.5) is 11.4 Å². The van der Waals surface area contributed by atoms with Crippen molar-refractivity contribution in [2.24, 2.45) is 0 Å². The normalized spacial score (nSPS) is 11.1. The van der Waals surface area contributed by atoms with E-state index in [-0.39, 0.29) is 33.1 Å². The van der Waals surface area contributed by atoms with Gasteiger partial charge in [0.1, 0.15) is 5.75 Å². The van der Waals surface area contributed by atoms with Gasteiger partial charge in [0.25, 0.3) is 15.9 Å². The van der Waals surface area contributed by atoms with Gasteiger partial charge in [-0.3, -0.25) is 9.52 Å². The highest BCUT2D eigenvalue weighted by atomic mass is 35.5. The van der Waals surface area contributed by atoms with Gasteiger partial charge in [-0.2, -0.15) is 0 Å². The van der Waals surface area contributed by atoms with Gasteiger partial charge in [0.05, 0.1) is 20.6 Å². The number of sulfonamides is 1. The molecule has 3 aromatic carbocycles. The molecule has 0 heterocycles. The maximum absolute atomic E-state index is 12.6. The summed E-state index contributed by atoms with van der Waals surface area (Å²) < 4.78 is 33.1. The molecule has 0 saturated carbocycles. The maximum atomic E-state index is 12.6. The summed E-state index contributed by atoms with van der Waals surface area (Å²) in [4.78, 5) is 12.2. The van der Waals surface area contributed by atoms with Crippen molar-refractivity contribution in [3.8, 4) is 5.75 Å². The lowest BCUT2D eigenvalue weighted by molar-refractivity contribution is -0.118. The molecule has 0 atom stereocenters. The van der Waals surface area contributed by atoms with Crippen LogP contribution in [0.2, 0.25) is 10.0 Å². The molecule has 1 amide bonds. The SMILES string of the molecule is Cc1cc(C)cc(OCC(=O)Nc2ccc(S(=O)(=O)Nc3cccc(Cl)c3Cl)cc2)c1. The van der Waals surface area contributed by atoms with Crippen LogP contribution in [0.5, 0.6) is 5.75 Å². The number of anilines is 2. The summed E-state index contributed by atoms with van der Waals surface area (Å²) in [5, 5.41) is 3.02. The molecule has 0 aromatic heterocycles. The van der Waals surface area contributed by atoms with Crippen LogP contribution in [0, 0.1) is 13.8 Å². The minimum atomic E-state index is -3.88. The number of benzene rings is 3. The molecular formula is C22H20Cl2N2O4S. The third kappa shape index (κ3) is 6.13. The Morgan fingerprint density at radius 2 is 1.61 bits per heavy atom. The zero-order valence-corrected chi connectivity index (χ0v) is 19.1. The van der Waals surface area contributed by atoms with E-state index in [0.29, 0.717) is 11.4 Å². The number of amides is 1. The van der Waals surface area contributed by atoms with E-state index in [1.165, 1.54) is 30.3 Å². The van der Waals surface area contributed by atoms with Crippen LogP contribution in [0.3, 0.4) is 0 Å². The van der Waals surface area contributed by atoms with Gasteiger partial charge < -0.3 is 10.1 Å². The average molecular weight is 479 g/mol. The number of ether oxygens (including phenoxy) is 1. The molecule has 3 rings (SSSR count). The molecule has 0 unspecified atom stereocenters. The molecule has 0 fully saturated rings. The molecule has 9 heteroatoms. The van der Waals surface area contributed by atoms with Crippen molar-refractivity contribution < 1.29 is 17.9 Å². The Kier molecular flexibility index (Phi) is 7.10. The minimum absolute atomic E-state index is 0.00743. The first-order valence-electron chi connectivity index (χ1n) is 9.22. The van der Waals surface area contributed by atoms with Crippen molar-refractivity contribution in [3.05, 3.63) is 81.8 Å². The summed E-state index contributed by atoms with van der Waals surface area (Å²) in [6, 6.07) is 16.1. The van der Waals surface area contributed by atoms with Crippen molar-refractivity contribution in [1.82, 2.24) is 0 Å². The third-order valence-corrected chi connectivity index (χ3v) is 6.41. The molecule has 0 saturated heterocycles. The molecule has 0 aliphatic carbocycles. The minimum Gasteiger partial charge on any atom is -0.484 e. The van der Waals surface area contributed by atoms with Gasteiger partial charge in [0.2, 0.25) is 0 Å². The lowest BCUT2D eigenvalue weighted by atomic mass is 10.1. The molecule has 3 aromatic rings. The quantitative estimate of drug-likeness (QED) is 0.474. The van der Waals surface area contributed by atoms with Crippen LogP contribution in [0.15, 0.2) is 65.6 Å². The fraction of sp³-hybridized carbons (Fsp3) is 0.136. The summed E-state index contributed by atoms with van der Waals surface area (Å²) in [7, 11) is -3.88. The number of aryl methyl sites for hydroxylation is 2. The Bertz CT molecular complexity index is 1190. The maximum Gasteiger partial charge on any atom is 0.262 e. The molecule has 0 bridgehead atoms. The second kappa shape index (κ2) is 9.60. The zero-order chi connectivity index (χ0) is 22.6. The highest BCUT2D eigenvalue weighted by Gasteiger charge is 2.17. The molecule has 31 heavy (non-hydrogen) atoms. The van der Waals surface area contributed by atoms with E-state index in [4.69, 9.17) is 27.9 Å². The number of carbonyl (C=O) groups excluding carboxylic acids is 1. The molecule has 0 aliphatic rings. The Hall–Kier alpha value is -2.74. The van der Waals surface area contributed by atoms with E-state index in [0.717, 1.165) is 11.1 Å². The smallest absolute Gasteiger partial charge is 0.262 e. The number of nitrogens with one attached hydrogen (secondary N) is 2. The van der Waals surface area contributed by atoms with Gasteiger partial charge >= 0.3 is 0 Å². The second-order valence-corrected chi connectivity index (χ2v) is 9.36. The van der Waals surface area contributed by atoms with Crippen LogP contribution in [-0.2, 0) is 14.8 Å². The highest BCUT2D eigenvalue weighted by Crippen LogP contribution is 2.31. The lowest BCUT2D eigenvalue weighted by Crippen LogP contribution is -2.20. The molecule has 162 valence electrons. The van der Waals surface area contributed by atoms with Gasteiger partial charge in [-0.1, -0.05) is 35.3 Å². The Balaban J connectivity index is 1.62. The molecule has 2 N–H and O–H groups in total. The van der Waals surface area contributed by atoms with Gasteiger partial charge in [0, 0.05) is 5.69 Å². The van der Waals surface area contributed by atoms with Crippen LogP contribution in [0.1, 0.15) is 11.1 Å². The zero-order valence-electron chi connectivity index (χ0n) is 16.8. The standard InChI is InChI=1S/C22H20Cl2N2O4S/c1-14-10-15(2)12-17(11-14)30-13-21(27)25-16-6-8-18(9-7-16)31(28,29)26-20-5-3-4-19(23)22(20)24/h3-12,26H,13H2,1-2H3,(H,25,27). The monoisotopic (exact) mass is 478 g/mol. The van der Waals surface area contributed by atoms with Gasteiger partial charge in [0.15, 0.2) is 6.61 Å². The Morgan fingerprint density at radius 3 is 2.26 bits per heavy atom. The topological polar surface area (TPSA) is 84.5 Å². The first-order valence-corrected chi connectivity index (χ1v) is 11.5. The molecule has 0 radical (unpaired) electrons. The van der Waals surface area contributed by atoms with E-state index in [9.17, 15) is 13.2 Å². The van der Waals surface area contributed by atoms with Crippen molar-refractivity contribution in [2.75, 3.05) is 16.6 Å². The average Bonchev–Trinajstić information content (AvgIpc) is 2.69. The predicted octanol–water partition coefficient (Wildman–Crippen LogP) is 5.43. The van der Waals surface area contributed by atoms with Crippen LogP contribution >= 0.6 is 23.2 Å². The predicted molar refractivity (Wildman–Crippen MR) is 124 cm³/mol. The lowest BCUT2D eigenvalue weighted by Gasteiger charge is -2.12. The molecular weight excluding hydrogens is 459 g/mol. The van der Waals surface area contributed by atoms with E-state index < -0.39 is 10.0 Å². The Labute approximate surface area is 191 Å². The first kappa shape index (κ1) is 22.9. The number of rotatable bonds is 7. The van der Waals surface area contributed by atoms with E-state index in [1.54, 1.807) is 12.1 Å². The fourth-order valence-corrected chi connectivity index (χ4v) is 4.34. The molecule has 0 spiro atoms. The summed E-state index contributed by atoms with van der Waals surface area (Å²) >= 11 is 12.0. The van der Waals surface area contributed by atoms with Crippen molar-refractivity contribution >= 4 is 50.5 Å². The summed E-state index contributed by atoms with van der Waals surface area (Å²) in [6.45, 7) is 3.73. The Morgan fingerprint density at radius 1 is 0.968 bits per heavy atom. The van der Waals surface area contributed by atoms with E-state index in [2.05, 4.69) is 10.0 Å². The second-order valence-electron chi connectivity index (χ2n) is 6.89. The van der Waals surface area contributed by atoms with Gasteiger partial charge in [-0.05, 0) is 73.5 Å². The summed E-state index contributed by atoms with van der Waals surface area (Å²) in [5.74, 6) is 0.249. The van der Waals surface area contributed by atoms with Crippen LogP contribution in [-0.4, -0.2) is 20.9 Å².